The summed E-state index contributed by atoms with van der Waals surface area (Å²) in [7, 11) is 3.20. The van der Waals surface area contributed by atoms with Gasteiger partial charge in [0.1, 0.15) is 0 Å². The number of hydrogen-bond acceptors (Lipinski definition) is 5. The van der Waals surface area contributed by atoms with Gasteiger partial charge in [-0.1, -0.05) is 30.3 Å². The van der Waals surface area contributed by atoms with Crippen LogP contribution in [0.3, 0.4) is 0 Å². The van der Waals surface area contributed by atoms with Gasteiger partial charge in [-0.15, -0.1) is 11.8 Å². The molecule has 0 radical (unpaired) electrons. The van der Waals surface area contributed by atoms with Crippen LogP contribution in [0.5, 0.6) is 11.5 Å². The van der Waals surface area contributed by atoms with Crippen molar-refractivity contribution in [2.24, 2.45) is 0 Å². The van der Waals surface area contributed by atoms with Gasteiger partial charge in [0.15, 0.2) is 11.5 Å². The first kappa shape index (κ1) is 20.1. The Labute approximate surface area is 158 Å². The average molecular weight is 375 g/mol. The minimum Gasteiger partial charge on any atom is -0.493 e. The molecule has 26 heavy (non-hydrogen) atoms. The molecular weight excluding hydrogens is 350 g/mol. The first-order chi connectivity index (χ1) is 12.7. The lowest BCUT2D eigenvalue weighted by atomic mass is 10.1. The van der Waals surface area contributed by atoms with E-state index in [-0.39, 0.29) is 17.6 Å². The number of ether oxygens (including phenoxy) is 2. The summed E-state index contributed by atoms with van der Waals surface area (Å²) in [4.78, 5) is 12.6. The average Bonchev–Trinajstić information content (AvgIpc) is 2.68. The van der Waals surface area contributed by atoms with Gasteiger partial charge in [0.05, 0.1) is 14.2 Å². The molecular formula is C20H25NO4S. The zero-order valence-corrected chi connectivity index (χ0v) is 15.9. The second-order valence-corrected chi connectivity index (χ2v) is 7.25. The Morgan fingerprint density at radius 2 is 1.85 bits per heavy atom. The van der Waals surface area contributed by atoms with Gasteiger partial charge in [-0.25, -0.2) is 5.48 Å². The van der Waals surface area contributed by atoms with Crippen LogP contribution in [0.1, 0.15) is 24.8 Å². The van der Waals surface area contributed by atoms with E-state index < -0.39 is 0 Å². The lowest BCUT2D eigenvalue weighted by Gasteiger charge is -2.17. The molecule has 2 rings (SSSR count). The maximum absolute atomic E-state index is 11.6. The van der Waals surface area contributed by atoms with Crippen LogP contribution >= 0.6 is 11.8 Å². The van der Waals surface area contributed by atoms with Crippen LogP contribution in [-0.2, 0) is 11.2 Å². The zero-order valence-electron chi connectivity index (χ0n) is 15.1. The van der Waals surface area contributed by atoms with Crippen molar-refractivity contribution in [3.05, 3.63) is 54.1 Å². The summed E-state index contributed by atoms with van der Waals surface area (Å²) in [5.41, 5.74) is 3.02. The molecule has 0 saturated heterocycles. The molecule has 2 aromatic carbocycles. The van der Waals surface area contributed by atoms with E-state index >= 15 is 0 Å². The predicted molar refractivity (Wildman–Crippen MR) is 103 cm³/mol. The van der Waals surface area contributed by atoms with E-state index in [1.54, 1.807) is 31.5 Å². The summed E-state index contributed by atoms with van der Waals surface area (Å²) < 4.78 is 10.6. The molecule has 6 heteroatoms. The number of carbonyl (C=O) groups excluding carboxylic acids is 1. The van der Waals surface area contributed by atoms with Gasteiger partial charge in [-0.2, -0.15) is 0 Å². The van der Waals surface area contributed by atoms with E-state index in [4.69, 9.17) is 14.7 Å². The van der Waals surface area contributed by atoms with E-state index in [1.165, 1.54) is 5.56 Å². The molecule has 0 aliphatic heterocycles. The van der Waals surface area contributed by atoms with Crippen molar-refractivity contribution >= 4 is 17.7 Å². The Kier molecular flexibility index (Phi) is 8.31. The molecule has 0 saturated carbocycles. The number of benzene rings is 2. The summed E-state index contributed by atoms with van der Waals surface area (Å²) in [6.07, 6.45) is 3.05. The van der Waals surface area contributed by atoms with Crippen LogP contribution in [0.4, 0.5) is 0 Å². The van der Waals surface area contributed by atoms with Crippen molar-refractivity contribution in [1.29, 1.82) is 0 Å². The zero-order chi connectivity index (χ0) is 18.8. The lowest BCUT2D eigenvalue weighted by Crippen LogP contribution is -2.23. The Bertz CT molecular complexity index is 693. The monoisotopic (exact) mass is 375 g/mol. The van der Waals surface area contributed by atoms with E-state index in [0.29, 0.717) is 11.5 Å². The van der Waals surface area contributed by atoms with Gasteiger partial charge < -0.3 is 9.47 Å². The fourth-order valence-corrected chi connectivity index (χ4v) is 3.94. The highest BCUT2D eigenvalue weighted by atomic mass is 32.2. The molecule has 1 unspecified atom stereocenters. The van der Waals surface area contributed by atoms with E-state index in [2.05, 4.69) is 12.1 Å². The Morgan fingerprint density at radius 3 is 2.50 bits per heavy atom. The fraction of sp³-hybridized carbons (Fsp3) is 0.350. The number of amides is 1. The van der Waals surface area contributed by atoms with Crippen LogP contribution in [0.15, 0.2) is 53.4 Å². The van der Waals surface area contributed by atoms with Crippen molar-refractivity contribution < 1.29 is 19.5 Å². The van der Waals surface area contributed by atoms with Gasteiger partial charge in [0.2, 0.25) is 5.91 Å². The maximum Gasteiger partial charge on any atom is 0.244 e. The third-order valence-electron chi connectivity index (χ3n) is 4.03. The standard InChI is InChI=1S/C20H25NO4S/c1-24-18-12-11-17(13-19(18)25-2)26-16(14-20(22)21-23)10-6-9-15-7-4-3-5-8-15/h3-5,7-8,11-13,16,23H,6,9-10,14H2,1-2H3,(H,21,22). The summed E-state index contributed by atoms with van der Waals surface area (Å²) >= 11 is 1.61. The van der Waals surface area contributed by atoms with Crippen LogP contribution in [0.25, 0.3) is 0 Å². The predicted octanol–water partition coefficient (Wildman–Crippen LogP) is 4.08. The number of rotatable bonds is 10. The molecule has 0 bridgehead atoms. The molecule has 0 fully saturated rings. The number of methoxy groups -OCH3 is 2. The van der Waals surface area contributed by atoms with Crippen LogP contribution < -0.4 is 15.0 Å². The highest BCUT2D eigenvalue weighted by molar-refractivity contribution is 8.00. The van der Waals surface area contributed by atoms with Gasteiger partial charge in [-0.05, 0) is 43.0 Å². The molecule has 0 heterocycles. The third kappa shape index (κ3) is 6.28. The first-order valence-corrected chi connectivity index (χ1v) is 9.39. The van der Waals surface area contributed by atoms with Gasteiger partial charge in [0, 0.05) is 16.6 Å². The summed E-state index contributed by atoms with van der Waals surface area (Å²) in [5, 5.41) is 8.92. The number of hydroxylamine groups is 1. The van der Waals surface area contributed by atoms with E-state index in [9.17, 15) is 4.79 Å². The van der Waals surface area contributed by atoms with E-state index in [0.717, 1.165) is 24.2 Å². The molecule has 1 atom stereocenters. The molecule has 1 amide bonds. The van der Waals surface area contributed by atoms with Crippen molar-refractivity contribution in [2.75, 3.05) is 14.2 Å². The number of aryl methyl sites for hydroxylation is 1. The number of nitrogens with one attached hydrogen (secondary N) is 1. The summed E-state index contributed by atoms with van der Waals surface area (Å²) in [6, 6.07) is 16.0. The van der Waals surface area contributed by atoms with Gasteiger partial charge in [-0.3, -0.25) is 10.0 Å². The Balaban J connectivity index is 2.00. The van der Waals surface area contributed by atoms with E-state index in [1.807, 2.05) is 36.4 Å². The number of thioether (sulfide) groups is 1. The SMILES string of the molecule is COc1ccc(SC(CCCc2ccccc2)CC(=O)NO)cc1OC. The van der Waals surface area contributed by atoms with Crippen molar-refractivity contribution in [3.8, 4) is 11.5 Å². The Morgan fingerprint density at radius 1 is 1.12 bits per heavy atom. The highest BCUT2D eigenvalue weighted by Gasteiger charge is 2.16. The highest BCUT2D eigenvalue weighted by Crippen LogP contribution is 2.35. The minimum atomic E-state index is -0.373. The van der Waals surface area contributed by atoms with Gasteiger partial charge in [0.25, 0.3) is 0 Å². The second-order valence-electron chi connectivity index (χ2n) is 5.87. The molecule has 0 aliphatic carbocycles. The summed E-state index contributed by atoms with van der Waals surface area (Å²) in [5.74, 6) is 0.959. The molecule has 2 aromatic rings. The van der Waals surface area contributed by atoms with Crippen LogP contribution in [0, 0.1) is 0 Å². The topological polar surface area (TPSA) is 67.8 Å². The minimum absolute atomic E-state index is 0.0592. The van der Waals surface area contributed by atoms with Crippen LogP contribution in [-0.4, -0.2) is 30.6 Å². The normalized spacial score (nSPS) is 11.7. The summed E-state index contributed by atoms with van der Waals surface area (Å²) in [6.45, 7) is 0. The smallest absolute Gasteiger partial charge is 0.244 e. The van der Waals surface area contributed by atoms with Crippen molar-refractivity contribution in [1.82, 2.24) is 5.48 Å². The lowest BCUT2D eigenvalue weighted by molar-refractivity contribution is -0.129. The first-order valence-electron chi connectivity index (χ1n) is 8.51. The number of carbonyl (C=O) groups is 1. The van der Waals surface area contributed by atoms with Crippen molar-refractivity contribution in [3.63, 3.8) is 0 Å². The van der Waals surface area contributed by atoms with Gasteiger partial charge >= 0.3 is 0 Å². The quantitative estimate of drug-likeness (QED) is 0.372. The molecule has 0 aliphatic rings. The third-order valence-corrected chi connectivity index (χ3v) is 5.29. The molecule has 0 spiro atoms. The molecule has 0 aromatic heterocycles. The second kappa shape index (κ2) is 10.7. The van der Waals surface area contributed by atoms with Crippen molar-refractivity contribution in [2.45, 2.75) is 35.8 Å². The Hall–Kier alpha value is -2.18. The maximum atomic E-state index is 11.6. The molecule has 140 valence electrons. The molecule has 2 N–H and O–H groups in total. The number of hydrogen-bond donors (Lipinski definition) is 2. The molecule has 5 nitrogen and oxygen atoms in total. The fourth-order valence-electron chi connectivity index (χ4n) is 2.72. The largest absolute Gasteiger partial charge is 0.493 e. The van der Waals surface area contributed by atoms with Crippen LogP contribution in [0.2, 0.25) is 0 Å².